The van der Waals surface area contributed by atoms with Crippen molar-refractivity contribution in [3.63, 3.8) is 0 Å². The topological polar surface area (TPSA) is 81.1 Å². The van der Waals surface area contributed by atoms with Gasteiger partial charge in [-0.2, -0.15) is 13.2 Å². The molecule has 0 spiro atoms. The molecular formula is C25H23ClF3N5O2. The van der Waals surface area contributed by atoms with E-state index < -0.39 is 11.7 Å². The highest BCUT2D eigenvalue weighted by atomic mass is 35.5. The lowest BCUT2D eigenvalue weighted by atomic mass is 10.2. The molecule has 188 valence electrons. The van der Waals surface area contributed by atoms with Gasteiger partial charge in [-0.15, -0.1) is 0 Å². The monoisotopic (exact) mass is 517 g/mol. The SMILES string of the molecule is COc1ccc(Cn2c(Nc3cccc(C(F)(F)F)c3)nc3cc(C(=O)NC(C)C)cnc32)cc1Cl. The van der Waals surface area contributed by atoms with Crippen LogP contribution >= 0.6 is 11.6 Å². The highest BCUT2D eigenvalue weighted by Crippen LogP contribution is 2.32. The Balaban J connectivity index is 1.77. The van der Waals surface area contributed by atoms with Gasteiger partial charge in [0.15, 0.2) is 5.65 Å². The number of halogens is 4. The lowest BCUT2D eigenvalue weighted by molar-refractivity contribution is -0.137. The smallest absolute Gasteiger partial charge is 0.416 e. The molecule has 2 heterocycles. The van der Waals surface area contributed by atoms with Crippen LogP contribution < -0.4 is 15.4 Å². The molecule has 0 aliphatic rings. The van der Waals surface area contributed by atoms with Gasteiger partial charge in [-0.3, -0.25) is 9.36 Å². The largest absolute Gasteiger partial charge is 0.495 e. The third kappa shape index (κ3) is 5.54. The normalized spacial score (nSPS) is 11.7. The molecule has 0 bridgehead atoms. The van der Waals surface area contributed by atoms with Crippen molar-refractivity contribution in [3.05, 3.63) is 76.4 Å². The van der Waals surface area contributed by atoms with Crippen molar-refractivity contribution in [2.24, 2.45) is 0 Å². The average molecular weight is 518 g/mol. The Bertz CT molecular complexity index is 1420. The van der Waals surface area contributed by atoms with Crippen LogP contribution in [0.25, 0.3) is 11.2 Å². The number of alkyl halides is 3. The molecular weight excluding hydrogens is 495 g/mol. The zero-order valence-corrected chi connectivity index (χ0v) is 20.4. The Kier molecular flexibility index (Phi) is 7.07. The number of imidazole rings is 1. The number of benzene rings is 2. The summed E-state index contributed by atoms with van der Waals surface area (Å²) in [6, 6.07) is 11.6. The highest BCUT2D eigenvalue weighted by molar-refractivity contribution is 6.32. The fourth-order valence-electron chi connectivity index (χ4n) is 3.62. The lowest BCUT2D eigenvalue weighted by Gasteiger charge is -2.13. The molecule has 0 saturated heterocycles. The van der Waals surface area contributed by atoms with Crippen molar-refractivity contribution >= 4 is 40.3 Å². The van der Waals surface area contributed by atoms with Crippen LogP contribution in [0.4, 0.5) is 24.8 Å². The number of carbonyl (C=O) groups is 1. The van der Waals surface area contributed by atoms with E-state index in [1.807, 2.05) is 19.9 Å². The minimum absolute atomic E-state index is 0.0660. The van der Waals surface area contributed by atoms with Crippen LogP contribution in [0.2, 0.25) is 5.02 Å². The van der Waals surface area contributed by atoms with Crippen LogP contribution in [0.5, 0.6) is 5.75 Å². The predicted molar refractivity (Wildman–Crippen MR) is 132 cm³/mol. The second kappa shape index (κ2) is 10.1. The fourth-order valence-corrected chi connectivity index (χ4v) is 3.90. The van der Waals surface area contributed by atoms with Gasteiger partial charge < -0.3 is 15.4 Å². The molecule has 0 unspecified atom stereocenters. The fraction of sp³-hybridized carbons (Fsp3) is 0.240. The molecule has 0 fully saturated rings. The van der Waals surface area contributed by atoms with E-state index in [4.69, 9.17) is 16.3 Å². The molecule has 7 nitrogen and oxygen atoms in total. The maximum absolute atomic E-state index is 13.2. The van der Waals surface area contributed by atoms with E-state index in [1.54, 1.807) is 22.8 Å². The summed E-state index contributed by atoms with van der Waals surface area (Å²) < 4.78 is 46.6. The summed E-state index contributed by atoms with van der Waals surface area (Å²) in [5.41, 5.74) is 1.36. The van der Waals surface area contributed by atoms with Crippen molar-refractivity contribution in [2.75, 3.05) is 12.4 Å². The van der Waals surface area contributed by atoms with Gasteiger partial charge >= 0.3 is 6.18 Å². The molecule has 0 atom stereocenters. The molecule has 2 N–H and O–H groups in total. The minimum Gasteiger partial charge on any atom is -0.495 e. The molecule has 0 saturated carbocycles. The Hall–Kier alpha value is -3.79. The van der Waals surface area contributed by atoms with Crippen LogP contribution in [-0.2, 0) is 12.7 Å². The average Bonchev–Trinajstić information content (AvgIpc) is 3.14. The van der Waals surface area contributed by atoms with Crippen molar-refractivity contribution in [3.8, 4) is 5.75 Å². The van der Waals surface area contributed by atoms with Crippen molar-refractivity contribution < 1.29 is 22.7 Å². The van der Waals surface area contributed by atoms with Gasteiger partial charge in [0, 0.05) is 17.9 Å². The standard InChI is InChI=1S/C25H23ClF3N5O2/c1-14(2)31-23(35)16-10-20-22(30-12-16)34(13-15-7-8-21(36-3)19(26)9-15)24(33-20)32-18-6-4-5-17(11-18)25(27,28)29/h4-12,14H,13H2,1-3H3,(H,31,35)(H,32,33). The van der Waals surface area contributed by atoms with Crippen LogP contribution in [0.3, 0.4) is 0 Å². The third-order valence-corrected chi connectivity index (χ3v) is 5.57. The van der Waals surface area contributed by atoms with Gasteiger partial charge in [-0.1, -0.05) is 23.7 Å². The molecule has 1 amide bonds. The van der Waals surface area contributed by atoms with E-state index in [2.05, 4.69) is 20.6 Å². The molecule has 0 aliphatic carbocycles. The summed E-state index contributed by atoms with van der Waals surface area (Å²) in [5.74, 6) is 0.464. The van der Waals surface area contributed by atoms with E-state index in [0.29, 0.717) is 27.5 Å². The molecule has 4 rings (SSSR count). The first-order chi connectivity index (χ1) is 17.0. The summed E-state index contributed by atoms with van der Waals surface area (Å²) in [6.07, 6.45) is -3.05. The second-order valence-electron chi connectivity index (χ2n) is 8.39. The maximum atomic E-state index is 13.2. The summed E-state index contributed by atoms with van der Waals surface area (Å²) in [5, 5.41) is 6.18. The second-order valence-corrected chi connectivity index (χ2v) is 8.80. The van der Waals surface area contributed by atoms with Crippen LogP contribution in [-0.4, -0.2) is 33.6 Å². The first-order valence-corrected chi connectivity index (χ1v) is 11.4. The van der Waals surface area contributed by atoms with Crippen LogP contribution in [0.15, 0.2) is 54.7 Å². The van der Waals surface area contributed by atoms with Crippen LogP contribution in [0.1, 0.15) is 35.3 Å². The Labute approximate surface area is 210 Å². The molecule has 36 heavy (non-hydrogen) atoms. The number of rotatable bonds is 7. The quantitative estimate of drug-likeness (QED) is 0.312. The van der Waals surface area contributed by atoms with Crippen molar-refractivity contribution in [1.29, 1.82) is 0 Å². The molecule has 4 aromatic rings. The van der Waals surface area contributed by atoms with Gasteiger partial charge in [0.25, 0.3) is 5.91 Å². The third-order valence-electron chi connectivity index (χ3n) is 5.27. The zero-order valence-electron chi connectivity index (χ0n) is 19.7. The zero-order chi connectivity index (χ0) is 26.0. The molecule has 2 aromatic carbocycles. The van der Waals surface area contributed by atoms with Crippen LogP contribution in [0, 0.1) is 0 Å². The van der Waals surface area contributed by atoms with Crippen molar-refractivity contribution in [1.82, 2.24) is 19.9 Å². The number of hydrogen-bond acceptors (Lipinski definition) is 5. The number of carbonyl (C=O) groups excluding carboxylic acids is 1. The van der Waals surface area contributed by atoms with E-state index in [9.17, 15) is 18.0 Å². The molecule has 2 aromatic heterocycles. The molecule has 0 radical (unpaired) electrons. The van der Waals surface area contributed by atoms with Gasteiger partial charge in [-0.05, 0) is 55.8 Å². The van der Waals surface area contributed by atoms with E-state index in [-0.39, 0.29) is 30.1 Å². The molecule has 11 heteroatoms. The van der Waals surface area contributed by atoms with Gasteiger partial charge in [0.2, 0.25) is 5.95 Å². The van der Waals surface area contributed by atoms with Gasteiger partial charge in [0.05, 0.1) is 29.8 Å². The summed E-state index contributed by atoms with van der Waals surface area (Å²) in [4.78, 5) is 21.5. The summed E-state index contributed by atoms with van der Waals surface area (Å²) >= 11 is 6.28. The molecule has 0 aliphatic heterocycles. The highest BCUT2D eigenvalue weighted by Gasteiger charge is 2.30. The number of nitrogens with zero attached hydrogens (tertiary/aromatic N) is 3. The van der Waals surface area contributed by atoms with Crippen molar-refractivity contribution in [2.45, 2.75) is 32.6 Å². The van der Waals surface area contributed by atoms with E-state index in [1.165, 1.54) is 25.4 Å². The van der Waals surface area contributed by atoms with Gasteiger partial charge in [-0.25, -0.2) is 9.97 Å². The number of aromatic nitrogens is 3. The Morgan fingerprint density at radius 1 is 1.17 bits per heavy atom. The van der Waals surface area contributed by atoms with E-state index in [0.717, 1.165) is 17.7 Å². The minimum atomic E-state index is -4.49. The first-order valence-electron chi connectivity index (χ1n) is 11.0. The number of methoxy groups -OCH3 is 1. The Morgan fingerprint density at radius 2 is 1.94 bits per heavy atom. The van der Waals surface area contributed by atoms with E-state index >= 15 is 0 Å². The number of nitrogens with one attached hydrogen (secondary N) is 2. The number of fused-ring (bicyclic) bond motifs is 1. The summed E-state index contributed by atoms with van der Waals surface area (Å²) in [6.45, 7) is 3.94. The van der Waals surface area contributed by atoms with Gasteiger partial charge in [0.1, 0.15) is 11.3 Å². The number of hydrogen-bond donors (Lipinski definition) is 2. The predicted octanol–water partition coefficient (Wildman–Crippen LogP) is 6.04. The number of anilines is 2. The Morgan fingerprint density at radius 3 is 2.61 bits per heavy atom. The number of ether oxygens (including phenoxy) is 1. The lowest BCUT2D eigenvalue weighted by Crippen LogP contribution is -2.30. The first kappa shape index (κ1) is 25.3. The number of pyridine rings is 1. The summed E-state index contributed by atoms with van der Waals surface area (Å²) in [7, 11) is 1.51. The number of amides is 1. The maximum Gasteiger partial charge on any atom is 0.416 e.